The van der Waals surface area contributed by atoms with Crippen molar-refractivity contribution < 1.29 is 9.59 Å². The molecule has 0 saturated heterocycles. The Kier molecular flexibility index (Phi) is 5.30. The molecule has 0 bridgehead atoms. The van der Waals surface area contributed by atoms with Crippen LogP contribution in [0.15, 0.2) is 30.9 Å². The fourth-order valence-corrected chi connectivity index (χ4v) is 1.96. The zero-order valence-electron chi connectivity index (χ0n) is 11.7. The van der Waals surface area contributed by atoms with E-state index in [0.717, 1.165) is 16.8 Å². The minimum atomic E-state index is -0.197. The van der Waals surface area contributed by atoms with Gasteiger partial charge in [-0.15, -0.1) is 6.58 Å². The first kappa shape index (κ1) is 15.0. The van der Waals surface area contributed by atoms with Crippen LogP contribution in [0.1, 0.15) is 18.1 Å². The first-order valence-corrected chi connectivity index (χ1v) is 6.19. The van der Waals surface area contributed by atoms with Crippen LogP contribution in [-0.4, -0.2) is 24.9 Å². The lowest BCUT2D eigenvalue weighted by atomic mass is 10.1. The van der Waals surface area contributed by atoms with Crippen LogP contribution in [0.3, 0.4) is 0 Å². The highest BCUT2D eigenvalue weighted by molar-refractivity contribution is 5.98. The number of para-hydroxylation sites is 1. The summed E-state index contributed by atoms with van der Waals surface area (Å²) in [4.78, 5) is 25.0. The zero-order valence-corrected chi connectivity index (χ0v) is 11.7. The molecule has 0 aliphatic rings. The maximum atomic E-state index is 11.8. The Bertz CT molecular complexity index is 475. The second-order valence-electron chi connectivity index (χ2n) is 4.44. The topological polar surface area (TPSA) is 49.4 Å². The number of anilines is 1. The monoisotopic (exact) mass is 260 g/mol. The van der Waals surface area contributed by atoms with Crippen molar-refractivity contribution in [2.75, 3.05) is 18.0 Å². The van der Waals surface area contributed by atoms with Crippen molar-refractivity contribution >= 4 is 17.5 Å². The van der Waals surface area contributed by atoms with E-state index in [0.29, 0.717) is 6.54 Å². The summed E-state index contributed by atoms with van der Waals surface area (Å²) in [5, 5.41) is 2.68. The second-order valence-corrected chi connectivity index (χ2v) is 4.44. The van der Waals surface area contributed by atoms with Crippen molar-refractivity contribution in [1.29, 1.82) is 0 Å². The summed E-state index contributed by atoms with van der Waals surface area (Å²) in [6.07, 6.45) is 1.61. The molecule has 0 aromatic heterocycles. The first-order chi connectivity index (χ1) is 8.97. The molecule has 19 heavy (non-hydrogen) atoms. The Hall–Kier alpha value is -2.10. The molecule has 1 rings (SSSR count). The normalized spacial score (nSPS) is 9.84. The number of aryl methyl sites for hydroxylation is 2. The molecule has 0 saturated carbocycles. The fourth-order valence-electron chi connectivity index (χ4n) is 1.96. The first-order valence-electron chi connectivity index (χ1n) is 6.19. The zero-order chi connectivity index (χ0) is 14.4. The van der Waals surface area contributed by atoms with E-state index in [1.165, 1.54) is 11.8 Å². The van der Waals surface area contributed by atoms with Crippen LogP contribution in [0.25, 0.3) is 0 Å². The van der Waals surface area contributed by atoms with Crippen molar-refractivity contribution in [2.24, 2.45) is 0 Å². The van der Waals surface area contributed by atoms with Gasteiger partial charge in [-0.05, 0) is 25.0 Å². The maximum absolute atomic E-state index is 11.8. The molecule has 0 radical (unpaired) electrons. The standard InChI is InChI=1S/C15H20N2O2/c1-5-9-16-14(19)10-17(13(4)18)15-11(2)7-6-8-12(15)3/h5-8H,1,9-10H2,2-4H3,(H,16,19). The van der Waals surface area contributed by atoms with Crippen molar-refractivity contribution in [3.63, 3.8) is 0 Å². The summed E-state index contributed by atoms with van der Waals surface area (Å²) < 4.78 is 0. The summed E-state index contributed by atoms with van der Waals surface area (Å²) in [7, 11) is 0. The number of amides is 2. The van der Waals surface area contributed by atoms with Crippen LogP contribution in [0.4, 0.5) is 5.69 Å². The maximum Gasteiger partial charge on any atom is 0.240 e. The second kappa shape index (κ2) is 6.73. The quantitative estimate of drug-likeness (QED) is 0.823. The number of nitrogens with zero attached hydrogens (tertiary/aromatic N) is 1. The van der Waals surface area contributed by atoms with E-state index in [2.05, 4.69) is 11.9 Å². The lowest BCUT2D eigenvalue weighted by molar-refractivity contribution is -0.122. The summed E-state index contributed by atoms with van der Waals surface area (Å²) >= 11 is 0. The smallest absolute Gasteiger partial charge is 0.240 e. The molecule has 1 aromatic carbocycles. The highest BCUT2D eigenvalue weighted by atomic mass is 16.2. The van der Waals surface area contributed by atoms with Gasteiger partial charge in [-0.1, -0.05) is 24.3 Å². The minimum Gasteiger partial charge on any atom is -0.351 e. The lowest BCUT2D eigenvalue weighted by Gasteiger charge is -2.24. The Morgan fingerprint density at radius 1 is 1.32 bits per heavy atom. The van der Waals surface area contributed by atoms with Crippen LogP contribution >= 0.6 is 0 Å². The number of hydrogen-bond acceptors (Lipinski definition) is 2. The minimum absolute atomic E-state index is 0.0227. The molecule has 1 N–H and O–H groups in total. The number of rotatable bonds is 5. The molecule has 2 amide bonds. The molecule has 0 aliphatic heterocycles. The average molecular weight is 260 g/mol. The molecular weight excluding hydrogens is 240 g/mol. The van der Waals surface area contributed by atoms with Crippen LogP contribution < -0.4 is 10.2 Å². The van der Waals surface area contributed by atoms with Crippen LogP contribution in [0, 0.1) is 13.8 Å². The molecule has 0 heterocycles. The van der Waals surface area contributed by atoms with E-state index in [4.69, 9.17) is 0 Å². The van der Waals surface area contributed by atoms with Crippen molar-refractivity contribution in [3.05, 3.63) is 42.0 Å². The van der Waals surface area contributed by atoms with Crippen LogP contribution in [0.5, 0.6) is 0 Å². The van der Waals surface area contributed by atoms with Crippen LogP contribution in [0.2, 0.25) is 0 Å². The van der Waals surface area contributed by atoms with E-state index in [1.807, 2.05) is 32.0 Å². The molecule has 0 atom stereocenters. The largest absolute Gasteiger partial charge is 0.351 e. The van der Waals surface area contributed by atoms with Gasteiger partial charge in [0.1, 0.15) is 6.54 Å². The number of carbonyl (C=O) groups excluding carboxylic acids is 2. The highest BCUT2D eigenvalue weighted by Gasteiger charge is 2.18. The summed E-state index contributed by atoms with van der Waals surface area (Å²) in [5.74, 6) is -0.344. The number of carbonyl (C=O) groups is 2. The highest BCUT2D eigenvalue weighted by Crippen LogP contribution is 2.24. The third-order valence-electron chi connectivity index (χ3n) is 2.83. The average Bonchev–Trinajstić information content (AvgIpc) is 2.34. The van der Waals surface area contributed by atoms with E-state index >= 15 is 0 Å². The number of nitrogens with one attached hydrogen (secondary N) is 1. The van der Waals surface area contributed by atoms with Gasteiger partial charge in [0.05, 0.1) is 5.69 Å². The van der Waals surface area contributed by atoms with E-state index in [1.54, 1.807) is 6.08 Å². The van der Waals surface area contributed by atoms with Gasteiger partial charge in [0.2, 0.25) is 11.8 Å². The molecule has 0 spiro atoms. The van der Waals surface area contributed by atoms with E-state index in [-0.39, 0.29) is 18.4 Å². The van der Waals surface area contributed by atoms with E-state index in [9.17, 15) is 9.59 Å². The number of hydrogen-bond donors (Lipinski definition) is 1. The molecule has 102 valence electrons. The van der Waals surface area contributed by atoms with Gasteiger partial charge in [0.25, 0.3) is 0 Å². The van der Waals surface area contributed by atoms with Crippen molar-refractivity contribution in [1.82, 2.24) is 5.32 Å². The molecule has 4 nitrogen and oxygen atoms in total. The molecule has 1 aromatic rings. The third-order valence-corrected chi connectivity index (χ3v) is 2.83. The predicted molar refractivity (Wildman–Crippen MR) is 77.1 cm³/mol. The Morgan fingerprint density at radius 2 is 1.89 bits per heavy atom. The van der Waals surface area contributed by atoms with Gasteiger partial charge in [0.15, 0.2) is 0 Å². The molecular formula is C15H20N2O2. The lowest BCUT2D eigenvalue weighted by Crippen LogP contribution is -2.40. The Balaban J connectivity index is 2.98. The Labute approximate surface area is 114 Å². The van der Waals surface area contributed by atoms with Crippen molar-refractivity contribution in [3.8, 4) is 0 Å². The van der Waals surface area contributed by atoms with E-state index < -0.39 is 0 Å². The molecule has 0 unspecified atom stereocenters. The predicted octanol–water partition coefficient (Wildman–Crippen LogP) is 1.96. The SMILES string of the molecule is C=CCNC(=O)CN(C(C)=O)c1c(C)cccc1C. The van der Waals surface area contributed by atoms with Gasteiger partial charge in [0, 0.05) is 13.5 Å². The summed E-state index contributed by atoms with van der Waals surface area (Å²) in [6.45, 7) is 9.29. The Morgan fingerprint density at radius 3 is 2.37 bits per heavy atom. The molecule has 4 heteroatoms. The van der Waals surface area contributed by atoms with Gasteiger partial charge < -0.3 is 10.2 Å². The van der Waals surface area contributed by atoms with Gasteiger partial charge in [-0.2, -0.15) is 0 Å². The molecule has 0 fully saturated rings. The fraction of sp³-hybridized carbons (Fsp3) is 0.333. The van der Waals surface area contributed by atoms with Gasteiger partial charge >= 0.3 is 0 Å². The molecule has 0 aliphatic carbocycles. The van der Waals surface area contributed by atoms with Crippen molar-refractivity contribution in [2.45, 2.75) is 20.8 Å². The summed E-state index contributed by atoms with van der Waals surface area (Å²) in [5.41, 5.74) is 2.77. The third kappa shape index (κ3) is 3.95. The van der Waals surface area contributed by atoms with Crippen LogP contribution in [-0.2, 0) is 9.59 Å². The number of benzene rings is 1. The van der Waals surface area contributed by atoms with Gasteiger partial charge in [-0.25, -0.2) is 0 Å². The summed E-state index contributed by atoms with van der Waals surface area (Å²) in [6, 6.07) is 5.80. The van der Waals surface area contributed by atoms with Gasteiger partial charge in [-0.3, -0.25) is 9.59 Å².